The molecule has 0 aliphatic carbocycles. The van der Waals surface area contributed by atoms with Crippen LogP contribution < -0.4 is 20.5 Å². The van der Waals surface area contributed by atoms with Gasteiger partial charge in [-0.3, -0.25) is 25.0 Å². The number of ether oxygens (including phenoxy) is 2. The molecule has 2 aromatic carbocycles. The maximum Gasteiger partial charge on any atom is 0.279 e. The Bertz CT molecular complexity index is 982. The number of methoxy groups -OCH3 is 1. The van der Waals surface area contributed by atoms with Crippen LogP contribution >= 0.6 is 0 Å². The zero-order chi connectivity index (χ0) is 23.7. The zero-order valence-electron chi connectivity index (χ0n) is 17.4. The van der Waals surface area contributed by atoms with Crippen LogP contribution in [0.25, 0.3) is 0 Å². The van der Waals surface area contributed by atoms with E-state index in [4.69, 9.17) is 15.2 Å². The van der Waals surface area contributed by atoms with Crippen LogP contribution in [0.1, 0.15) is 30.1 Å². The number of aliphatic hydroxyl groups excluding tert-OH is 1. The molecule has 1 amide bonds. The van der Waals surface area contributed by atoms with Crippen LogP contribution in [0, 0.1) is 20.2 Å². The predicted molar refractivity (Wildman–Crippen MR) is 114 cm³/mol. The van der Waals surface area contributed by atoms with Gasteiger partial charge in [-0.1, -0.05) is 12.1 Å². The molecule has 2 rings (SSSR count). The molecule has 0 aliphatic rings. The minimum atomic E-state index is -1.65. The smallest absolute Gasteiger partial charge is 0.279 e. The summed E-state index contributed by atoms with van der Waals surface area (Å²) in [6, 6.07) is 7.72. The first-order valence-electron chi connectivity index (χ1n) is 9.67. The standard InChI is InChI=1S/C20H24N4O8/c1-31-17-11-14(20(26)13-5-2-3-6-15(13)23(27)28)16(24(29)30)12-18(17)32-10-4-7-19(25)22-9-8-21/h2-3,5-6,11-12,20,26H,4,7-10,21H2,1H3,(H,22,25). The third-order valence-electron chi connectivity index (χ3n) is 4.50. The van der Waals surface area contributed by atoms with E-state index in [-0.39, 0.29) is 47.2 Å². The van der Waals surface area contributed by atoms with E-state index in [1.54, 1.807) is 0 Å². The Balaban J connectivity index is 2.28. The van der Waals surface area contributed by atoms with Crippen LogP contribution in [-0.4, -0.2) is 47.7 Å². The van der Waals surface area contributed by atoms with E-state index in [2.05, 4.69) is 5.32 Å². The molecule has 1 atom stereocenters. The van der Waals surface area contributed by atoms with Crippen LogP contribution in [-0.2, 0) is 4.79 Å². The molecular formula is C20H24N4O8. The van der Waals surface area contributed by atoms with Gasteiger partial charge >= 0.3 is 0 Å². The number of benzene rings is 2. The normalized spacial score (nSPS) is 11.5. The number of rotatable bonds is 12. The number of hydrogen-bond acceptors (Lipinski definition) is 9. The fourth-order valence-corrected chi connectivity index (χ4v) is 2.98. The molecule has 0 aromatic heterocycles. The van der Waals surface area contributed by atoms with Crippen molar-refractivity contribution in [2.45, 2.75) is 18.9 Å². The molecule has 4 N–H and O–H groups in total. The van der Waals surface area contributed by atoms with E-state index < -0.39 is 21.6 Å². The molecule has 172 valence electrons. The lowest BCUT2D eigenvalue weighted by atomic mass is 9.98. The lowest BCUT2D eigenvalue weighted by Gasteiger charge is -2.16. The first-order valence-corrected chi connectivity index (χ1v) is 9.67. The number of nitrogens with zero attached hydrogens (tertiary/aromatic N) is 2. The van der Waals surface area contributed by atoms with Gasteiger partial charge < -0.3 is 25.6 Å². The van der Waals surface area contributed by atoms with Crippen molar-refractivity contribution in [2.24, 2.45) is 5.73 Å². The summed E-state index contributed by atoms with van der Waals surface area (Å²) in [7, 11) is 1.31. The SMILES string of the molecule is COc1cc(C(O)c2ccccc2[N+](=O)[O-])c([N+](=O)[O-])cc1OCCCC(=O)NCCN. The molecule has 0 saturated carbocycles. The summed E-state index contributed by atoms with van der Waals surface area (Å²) in [6.07, 6.45) is -1.13. The lowest BCUT2D eigenvalue weighted by Crippen LogP contribution is -2.29. The molecule has 32 heavy (non-hydrogen) atoms. The summed E-state index contributed by atoms with van der Waals surface area (Å²) < 4.78 is 10.8. The van der Waals surface area contributed by atoms with Crippen molar-refractivity contribution in [1.82, 2.24) is 5.32 Å². The molecule has 2 aromatic rings. The maximum absolute atomic E-state index is 11.6. The summed E-state index contributed by atoms with van der Waals surface area (Å²) in [6.45, 7) is 0.770. The van der Waals surface area contributed by atoms with Gasteiger partial charge in [-0.25, -0.2) is 0 Å². The maximum atomic E-state index is 11.6. The van der Waals surface area contributed by atoms with E-state index >= 15 is 0 Å². The second-order valence-electron chi connectivity index (χ2n) is 6.63. The van der Waals surface area contributed by atoms with E-state index in [0.29, 0.717) is 19.5 Å². The largest absolute Gasteiger partial charge is 0.493 e. The van der Waals surface area contributed by atoms with Crippen molar-refractivity contribution in [1.29, 1.82) is 0 Å². The highest BCUT2D eigenvalue weighted by atomic mass is 16.6. The zero-order valence-corrected chi connectivity index (χ0v) is 17.4. The minimum absolute atomic E-state index is 0.0417. The van der Waals surface area contributed by atoms with Crippen molar-refractivity contribution in [3.05, 3.63) is 67.8 Å². The molecule has 0 heterocycles. The molecule has 0 radical (unpaired) electrons. The Morgan fingerprint density at radius 3 is 2.44 bits per heavy atom. The van der Waals surface area contributed by atoms with Crippen molar-refractivity contribution >= 4 is 17.3 Å². The molecule has 1 unspecified atom stereocenters. The fraction of sp³-hybridized carbons (Fsp3) is 0.350. The van der Waals surface area contributed by atoms with Gasteiger partial charge in [-0.05, 0) is 18.6 Å². The Kier molecular flexibility index (Phi) is 8.86. The number of nitro groups is 2. The first-order chi connectivity index (χ1) is 15.3. The highest BCUT2D eigenvalue weighted by Crippen LogP contribution is 2.41. The van der Waals surface area contributed by atoms with Crippen molar-refractivity contribution in [2.75, 3.05) is 26.8 Å². The number of nitrogens with two attached hydrogens (primary N) is 1. The second kappa shape index (κ2) is 11.6. The van der Waals surface area contributed by atoms with Gasteiger partial charge in [0.1, 0.15) is 6.10 Å². The van der Waals surface area contributed by atoms with Crippen LogP contribution in [0.3, 0.4) is 0 Å². The van der Waals surface area contributed by atoms with E-state index in [9.17, 15) is 30.1 Å². The van der Waals surface area contributed by atoms with Gasteiger partial charge in [0, 0.05) is 25.6 Å². The van der Waals surface area contributed by atoms with Gasteiger partial charge in [0.05, 0.1) is 40.8 Å². The average molecular weight is 448 g/mol. The van der Waals surface area contributed by atoms with Crippen LogP contribution in [0.4, 0.5) is 11.4 Å². The van der Waals surface area contributed by atoms with Gasteiger partial charge in [0.2, 0.25) is 5.91 Å². The molecule has 0 spiro atoms. The number of aliphatic hydroxyl groups is 1. The molecule has 0 fully saturated rings. The summed E-state index contributed by atoms with van der Waals surface area (Å²) in [4.78, 5) is 33.1. The number of carbonyl (C=O) groups excluding carboxylic acids is 1. The average Bonchev–Trinajstić information content (AvgIpc) is 2.79. The van der Waals surface area contributed by atoms with E-state index in [1.807, 2.05) is 0 Å². The predicted octanol–water partition coefficient (Wildman–Crippen LogP) is 1.83. The van der Waals surface area contributed by atoms with Crippen molar-refractivity contribution < 1.29 is 29.2 Å². The quantitative estimate of drug-likeness (QED) is 0.248. The number of hydrogen-bond donors (Lipinski definition) is 3. The Morgan fingerprint density at radius 1 is 1.12 bits per heavy atom. The monoisotopic (exact) mass is 448 g/mol. The lowest BCUT2D eigenvalue weighted by molar-refractivity contribution is -0.387. The van der Waals surface area contributed by atoms with Gasteiger partial charge in [0.25, 0.3) is 11.4 Å². The van der Waals surface area contributed by atoms with E-state index in [1.165, 1.54) is 37.4 Å². The number of para-hydroxylation sites is 1. The number of nitro benzene ring substituents is 2. The number of carbonyl (C=O) groups is 1. The van der Waals surface area contributed by atoms with E-state index in [0.717, 1.165) is 6.07 Å². The summed E-state index contributed by atoms with van der Waals surface area (Å²) in [5.41, 5.74) is 4.16. The topological polar surface area (TPSA) is 180 Å². The second-order valence-corrected chi connectivity index (χ2v) is 6.63. The highest BCUT2D eigenvalue weighted by molar-refractivity contribution is 5.75. The Labute approximate surface area is 183 Å². The molecule has 12 nitrogen and oxygen atoms in total. The van der Waals surface area contributed by atoms with Crippen molar-refractivity contribution in [3.8, 4) is 11.5 Å². The van der Waals surface area contributed by atoms with Crippen LogP contribution in [0.5, 0.6) is 11.5 Å². The first kappa shape index (κ1) is 24.5. The van der Waals surface area contributed by atoms with Crippen LogP contribution in [0.15, 0.2) is 36.4 Å². The van der Waals surface area contributed by atoms with Gasteiger partial charge in [-0.2, -0.15) is 0 Å². The Hall–Kier alpha value is -3.77. The number of amides is 1. The summed E-state index contributed by atoms with van der Waals surface area (Å²) in [5.74, 6) is -0.0594. The third kappa shape index (κ3) is 6.12. The molecule has 0 bridgehead atoms. The number of nitrogens with one attached hydrogen (secondary N) is 1. The fourth-order valence-electron chi connectivity index (χ4n) is 2.98. The Morgan fingerprint density at radius 2 is 1.81 bits per heavy atom. The van der Waals surface area contributed by atoms with Gasteiger partial charge in [-0.15, -0.1) is 0 Å². The third-order valence-corrected chi connectivity index (χ3v) is 4.50. The van der Waals surface area contributed by atoms with Crippen molar-refractivity contribution in [3.63, 3.8) is 0 Å². The van der Waals surface area contributed by atoms with Gasteiger partial charge in [0.15, 0.2) is 11.5 Å². The highest BCUT2D eigenvalue weighted by Gasteiger charge is 2.29. The summed E-state index contributed by atoms with van der Waals surface area (Å²) in [5, 5.41) is 36.3. The summed E-state index contributed by atoms with van der Waals surface area (Å²) >= 11 is 0. The molecule has 0 aliphatic heterocycles. The molecular weight excluding hydrogens is 424 g/mol. The molecule has 0 saturated heterocycles. The van der Waals surface area contributed by atoms with Crippen LogP contribution in [0.2, 0.25) is 0 Å². The molecule has 12 heteroatoms. The minimum Gasteiger partial charge on any atom is -0.493 e.